The Kier molecular flexibility index (Phi) is 10.1. The molecule has 30 heavy (non-hydrogen) atoms. The van der Waals surface area contributed by atoms with Gasteiger partial charge in [-0.15, -0.1) is 24.0 Å². The van der Waals surface area contributed by atoms with Crippen LogP contribution in [0, 0.1) is 0 Å². The van der Waals surface area contributed by atoms with E-state index >= 15 is 0 Å². The maximum absolute atomic E-state index is 11.7. The summed E-state index contributed by atoms with van der Waals surface area (Å²) in [7, 11) is 1.71. The van der Waals surface area contributed by atoms with Crippen molar-refractivity contribution >= 4 is 41.7 Å². The fraction of sp³-hybridized carbons (Fsp3) is 0.476. The summed E-state index contributed by atoms with van der Waals surface area (Å²) in [5.74, 6) is 2.13. The van der Waals surface area contributed by atoms with Gasteiger partial charge >= 0.3 is 6.03 Å². The number of anilines is 1. The van der Waals surface area contributed by atoms with Crippen LogP contribution in [-0.2, 0) is 18.5 Å². The number of oxazole rings is 1. The van der Waals surface area contributed by atoms with E-state index in [-0.39, 0.29) is 41.5 Å². The van der Waals surface area contributed by atoms with Crippen molar-refractivity contribution in [1.29, 1.82) is 0 Å². The third-order valence-electron chi connectivity index (χ3n) is 4.01. The van der Waals surface area contributed by atoms with Crippen molar-refractivity contribution in [3.63, 3.8) is 0 Å². The second-order valence-corrected chi connectivity index (χ2v) is 8.10. The number of rotatable bonds is 6. The number of nitrogens with one attached hydrogen (secondary N) is 4. The molecular weight excluding hydrogens is 495 g/mol. The SMILES string of the molecule is CN=C(NCc1ccc(NC(=O)NC(C)C)cc1)NCc1ncc(C(C)(C)C)o1.I. The Morgan fingerprint density at radius 3 is 2.30 bits per heavy atom. The molecule has 1 aromatic carbocycles. The van der Waals surface area contributed by atoms with E-state index in [0.29, 0.717) is 24.9 Å². The van der Waals surface area contributed by atoms with E-state index < -0.39 is 0 Å². The van der Waals surface area contributed by atoms with Gasteiger partial charge in [0.1, 0.15) is 5.76 Å². The van der Waals surface area contributed by atoms with Crippen LogP contribution in [0.25, 0.3) is 0 Å². The Hall–Kier alpha value is -2.30. The van der Waals surface area contributed by atoms with E-state index in [2.05, 4.69) is 52.0 Å². The number of aliphatic imine (C=N–C) groups is 1. The number of nitrogens with zero attached hydrogens (tertiary/aromatic N) is 2. The van der Waals surface area contributed by atoms with Gasteiger partial charge in [-0.3, -0.25) is 4.99 Å². The molecular formula is C21H33IN6O2. The summed E-state index contributed by atoms with van der Waals surface area (Å²) in [6, 6.07) is 7.52. The molecule has 2 amide bonds. The van der Waals surface area contributed by atoms with Crippen LogP contribution in [0.1, 0.15) is 51.8 Å². The number of halogens is 1. The first-order valence-corrected chi connectivity index (χ1v) is 9.73. The molecule has 0 atom stereocenters. The number of urea groups is 1. The number of hydrogen-bond acceptors (Lipinski definition) is 4. The Balaban J connectivity index is 0.00000450. The minimum Gasteiger partial charge on any atom is -0.443 e. The molecule has 0 aliphatic rings. The summed E-state index contributed by atoms with van der Waals surface area (Å²) < 4.78 is 5.78. The maximum atomic E-state index is 11.7. The Morgan fingerprint density at radius 2 is 1.77 bits per heavy atom. The molecule has 0 aliphatic heterocycles. The molecule has 1 aromatic heterocycles. The zero-order valence-electron chi connectivity index (χ0n) is 18.5. The van der Waals surface area contributed by atoms with Crippen molar-refractivity contribution in [3.05, 3.63) is 47.7 Å². The van der Waals surface area contributed by atoms with Crippen molar-refractivity contribution in [1.82, 2.24) is 20.9 Å². The summed E-state index contributed by atoms with van der Waals surface area (Å²) >= 11 is 0. The van der Waals surface area contributed by atoms with Gasteiger partial charge in [0, 0.05) is 30.7 Å². The molecule has 0 saturated heterocycles. The first-order valence-electron chi connectivity index (χ1n) is 9.73. The van der Waals surface area contributed by atoms with Gasteiger partial charge in [0.2, 0.25) is 5.89 Å². The average Bonchev–Trinajstić information content (AvgIpc) is 3.12. The van der Waals surface area contributed by atoms with Crippen LogP contribution in [0.4, 0.5) is 10.5 Å². The molecule has 1 heterocycles. The fourth-order valence-corrected chi connectivity index (χ4v) is 2.44. The van der Waals surface area contributed by atoms with Crippen molar-refractivity contribution < 1.29 is 9.21 Å². The summed E-state index contributed by atoms with van der Waals surface area (Å²) in [5, 5.41) is 12.0. The zero-order valence-corrected chi connectivity index (χ0v) is 20.8. The molecule has 0 fully saturated rings. The summed E-state index contributed by atoms with van der Waals surface area (Å²) in [6.45, 7) is 11.1. The topological polar surface area (TPSA) is 104 Å². The van der Waals surface area contributed by atoms with E-state index in [9.17, 15) is 4.79 Å². The van der Waals surface area contributed by atoms with Gasteiger partial charge in [-0.2, -0.15) is 0 Å². The lowest BCUT2D eigenvalue weighted by Crippen LogP contribution is -2.36. The van der Waals surface area contributed by atoms with Crippen LogP contribution >= 0.6 is 24.0 Å². The summed E-state index contributed by atoms with van der Waals surface area (Å²) in [4.78, 5) is 20.3. The number of aromatic nitrogens is 1. The number of guanidine groups is 1. The standard InChI is InChI=1S/C21H32N6O2.HI/c1-14(2)26-20(28)27-16-9-7-15(8-10-16)11-24-19(22-6)25-13-18-23-12-17(29-18)21(3,4)5;/h7-10,12,14H,11,13H2,1-6H3,(H2,22,24,25)(H2,26,27,28);1H. The summed E-state index contributed by atoms with van der Waals surface area (Å²) in [5.41, 5.74) is 1.74. The van der Waals surface area contributed by atoms with Crippen LogP contribution < -0.4 is 21.3 Å². The molecule has 166 valence electrons. The quantitative estimate of drug-likeness (QED) is 0.258. The predicted molar refractivity (Wildman–Crippen MR) is 131 cm³/mol. The summed E-state index contributed by atoms with van der Waals surface area (Å²) in [6.07, 6.45) is 1.77. The molecule has 0 aliphatic carbocycles. The third-order valence-corrected chi connectivity index (χ3v) is 4.01. The van der Waals surface area contributed by atoms with Gasteiger partial charge in [-0.05, 0) is 31.5 Å². The van der Waals surface area contributed by atoms with E-state index in [0.717, 1.165) is 17.0 Å². The molecule has 8 nitrogen and oxygen atoms in total. The molecule has 0 saturated carbocycles. The van der Waals surface area contributed by atoms with Gasteiger partial charge in [0.15, 0.2) is 5.96 Å². The van der Waals surface area contributed by atoms with Crippen molar-refractivity contribution in [3.8, 4) is 0 Å². The number of amides is 2. The Labute approximate surface area is 195 Å². The van der Waals surface area contributed by atoms with Gasteiger partial charge in [-0.1, -0.05) is 32.9 Å². The van der Waals surface area contributed by atoms with Gasteiger partial charge in [0.25, 0.3) is 0 Å². The first-order chi connectivity index (χ1) is 13.7. The van der Waals surface area contributed by atoms with Crippen LogP contribution in [0.5, 0.6) is 0 Å². The van der Waals surface area contributed by atoms with Crippen LogP contribution in [-0.4, -0.2) is 30.1 Å². The highest BCUT2D eigenvalue weighted by atomic mass is 127. The zero-order chi connectivity index (χ0) is 21.4. The highest BCUT2D eigenvalue weighted by molar-refractivity contribution is 14.0. The molecule has 0 spiro atoms. The highest BCUT2D eigenvalue weighted by Gasteiger charge is 2.19. The second-order valence-electron chi connectivity index (χ2n) is 8.10. The van der Waals surface area contributed by atoms with Crippen LogP contribution in [0.15, 0.2) is 39.9 Å². The van der Waals surface area contributed by atoms with Crippen LogP contribution in [0.2, 0.25) is 0 Å². The monoisotopic (exact) mass is 528 g/mol. The number of carbonyl (C=O) groups is 1. The largest absolute Gasteiger partial charge is 0.443 e. The van der Waals surface area contributed by atoms with E-state index in [1.165, 1.54) is 0 Å². The normalized spacial score (nSPS) is 11.6. The van der Waals surface area contributed by atoms with Gasteiger partial charge < -0.3 is 25.7 Å². The van der Waals surface area contributed by atoms with E-state index in [1.54, 1.807) is 13.2 Å². The predicted octanol–water partition coefficient (Wildman–Crippen LogP) is 3.99. The highest BCUT2D eigenvalue weighted by Crippen LogP contribution is 2.22. The van der Waals surface area contributed by atoms with E-state index in [1.807, 2.05) is 38.1 Å². The third kappa shape index (κ3) is 8.60. The number of benzene rings is 1. The lowest BCUT2D eigenvalue weighted by atomic mass is 9.94. The van der Waals surface area contributed by atoms with Crippen molar-refractivity contribution in [2.75, 3.05) is 12.4 Å². The number of carbonyl (C=O) groups excluding carboxylic acids is 1. The average molecular weight is 528 g/mol. The molecule has 2 aromatic rings. The molecule has 4 N–H and O–H groups in total. The molecule has 9 heteroatoms. The molecule has 0 radical (unpaired) electrons. The van der Waals surface area contributed by atoms with Crippen molar-refractivity contribution in [2.24, 2.45) is 4.99 Å². The van der Waals surface area contributed by atoms with Crippen LogP contribution in [0.3, 0.4) is 0 Å². The fourth-order valence-electron chi connectivity index (χ4n) is 2.44. The van der Waals surface area contributed by atoms with Crippen molar-refractivity contribution in [2.45, 2.75) is 59.2 Å². The minimum absolute atomic E-state index is 0. The second kappa shape index (κ2) is 11.8. The first kappa shape index (κ1) is 25.7. The lowest BCUT2D eigenvalue weighted by Gasteiger charge is -2.13. The minimum atomic E-state index is -0.211. The molecule has 2 rings (SSSR count). The van der Waals surface area contributed by atoms with Gasteiger partial charge in [0.05, 0.1) is 12.7 Å². The molecule has 0 unspecified atom stereocenters. The maximum Gasteiger partial charge on any atom is 0.319 e. The Bertz CT molecular complexity index is 825. The number of hydrogen-bond donors (Lipinski definition) is 4. The smallest absolute Gasteiger partial charge is 0.319 e. The molecule has 0 bridgehead atoms. The Morgan fingerprint density at radius 1 is 1.13 bits per heavy atom. The lowest BCUT2D eigenvalue weighted by molar-refractivity contribution is 0.250. The van der Waals surface area contributed by atoms with E-state index in [4.69, 9.17) is 4.42 Å². The van der Waals surface area contributed by atoms with Gasteiger partial charge in [-0.25, -0.2) is 9.78 Å².